The summed E-state index contributed by atoms with van der Waals surface area (Å²) in [5.41, 5.74) is 0. The van der Waals surface area contributed by atoms with Crippen LogP contribution in [-0.2, 0) is 12.8 Å². The average Bonchev–Trinajstić information content (AvgIpc) is 2.30. The van der Waals surface area contributed by atoms with Crippen molar-refractivity contribution >= 4 is 12.2 Å². The van der Waals surface area contributed by atoms with Crippen LogP contribution in [0.25, 0.3) is 0 Å². The highest BCUT2D eigenvalue weighted by Gasteiger charge is 2.05. The van der Waals surface area contributed by atoms with Crippen molar-refractivity contribution in [3.8, 4) is 0 Å². The molecular weight excluding hydrogens is 148 g/mol. The molecule has 1 heterocycles. The number of hydrogen-bond donors (Lipinski definition) is 0. The summed E-state index contributed by atoms with van der Waals surface area (Å²) in [7, 11) is 0. The molecule has 0 aromatic carbocycles. The standard InChI is InChI=1S/C7H10O2S/c1-3-5-6(4-2)9-7(10)8-5/h3-4H2,1-2H3. The second kappa shape index (κ2) is 3.01. The van der Waals surface area contributed by atoms with Gasteiger partial charge in [0.05, 0.1) is 0 Å². The van der Waals surface area contributed by atoms with Crippen LogP contribution in [0.4, 0.5) is 0 Å². The highest BCUT2D eigenvalue weighted by atomic mass is 32.1. The molecule has 10 heavy (non-hydrogen) atoms. The van der Waals surface area contributed by atoms with Gasteiger partial charge in [0.2, 0.25) is 0 Å². The monoisotopic (exact) mass is 158 g/mol. The zero-order valence-corrected chi connectivity index (χ0v) is 6.96. The van der Waals surface area contributed by atoms with E-state index in [9.17, 15) is 0 Å². The summed E-state index contributed by atoms with van der Waals surface area (Å²) in [5, 5.41) is 0. The largest absolute Gasteiger partial charge is 0.418 e. The van der Waals surface area contributed by atoms with Gasteiger partial charge in [0.25, 0.3) is 0 Å². The Balaban J connectivity index is 3.08. The number of aryl methyl sites for hydroxylation is 2. The highest BCUT2D eigenvalue weighted by molar-refractivity contribution is 7.71. The lowest BCUT2D eigenvalue weighted by Crippen LogP contribution is -1.81. The molecule has 1 aromatic heterocycles. The molecule has 0 atom stereocenters. The molecule has 0 fully saturated rings. The van der Waals surface area contributed by atoms with Crippen molar-refractivity contribution in [3.63, 3.8) is 0 Å². The van der Waals surface area contributed by atoms with Crippen molar-refractivity contribution in [1.82, 2.24) is 0 Å². The minimum atomic E-state index is 0.244. The molecule has 0 aliphatic heterocycles. The van der Waals surface area contributed by atoms with Gasteiger partial charge >= 0.3 is 4.90 Å². The van der Waals surface area contributed by atoms with Crippen LogP contribution in [0.3, 0.4) is 0 Å². The Hall–Kier alpha value is -0.570. The zero-order chi connectivity index (χ0) is 7.56. The van der Waals surface area contributed by atoms with E-state index in [2.05, 4.69) is 0 Å². The van der Waals surface area contributed by atoms with E-state index in [-0.39, 0.29) is 4.90 Å². The highest BCUT2D eigenvalue weighted by Crippen LogP contribution is 2.12. The first-order valence-corrected chi connectivity index (χ1v) is 3.80. The smallest absolute Gasteiger partial charge is 0.363 e. The summed E-state index contributed by atoms with van der Waals surface area (Å²) in [6, 6.07) is 0. The molecule has 0 bridgehead atoms. The fourth-order valence-corrected chi connectivity index (χ4v) is 1.08. The van der Waals surface area contributed by atoms with E-state index in [1.165, 1.54) is 0 Å². The van der Waals surface area contributed by atoms with Gasteiger partial charge in [0.1, 0.15) is 11.5 Å². The van der Waals surface area contributed by atoms with E-state index in [0.717, 1.165) is 24.4 Å². The molecule has 0 saturated heterocycles. The molecule has 0 aliphatic carbocycles. The zero-order valence-electron chi connectivity index (χ0n) is 6.14. The Labute approximate surface area is 64.8 Å². The second-order valence-corrected chi connectivity index (χ2v) is 2.34. The molecule has 1 aromatic rings. The van der Waals surface area contributed by atoms with Crippen LogP contribution in [0, 0.1) is 4.90 Å². The molecular formula is C7H10O2S. The molecule has 0 N–H and O–H groups in total. The molecule has 0 aliphatic rings. The predicted molar refractivity (Wildman–Crippen MR) is 40.6 cm³/mol. The molecule has 2 nitrogen and oxygen atoms in total. The van der Waals surface area contributed by atoms with Gasteiger partial charge in [0.15, 0.2) is 0 Å². The quantitative estimate of drug-likeness (QED) is 0.619. The van der Waals surface area contributed by atoms with Gasteiger partial charge in [-0.25, -0.2) is 0 Å². The Kier molecular flexibility index (Phi) is 2.27. The lowest BCUT2D eigenvalue weighted by Gasteiger charge is -1.88. The van der Waals surface area contributed by atoms with E-state index < -0.39 is 0 Å². The minimum Gasteiger partial charge on any atom is -0.418 e. The fraction of sp³-hybridized carbons (Fsp3) is 0.571. The summed E-state index contributed by atoms with van der Waals surface area (Å²) < 4.78 is 10.2. The van der Waals surface area contributed by atoms with Crippen LogP contribution < -0.4 is 0 Å². The van der Waals surface area contributed by atoms with Crippen molar-refractivity contribution < 1.29 is 8.83 Å². The van der Waals surface area contributed by atoms with Gasteiger partial charge in [0, 0.05) is 25.1 Å². The maximum Gasteiger partial charge on any atom is 0.363 e. The van der Waals surface area contributed by atoms with Gasteiger partial charge in [-0.15, -0.1) is 0 Å². The third-order valence-electron chi connectivity index (χ3n) is 1.37. The van der Waals surface area contributed by atoms with Crippen LogP contribution in [0.5, 0.6) is 0 Å². The van der Waals surface area contributed by atoms with Crippen LogP contribution in [0.15, 0.2) is 8.83 Å². The molecule has 0 spiro atoms. The van der Waals surface area contributed by atoms with Crippen LogP contribution in [0.1, 0.15) is 25.4 Å². The SMILES string of the molecule is CCc1oc(=S)oc1CC. The minimum absolute atomic E-state index is 0.244. The number of rotatable bonds is 2. The lowest BCUT2D eigenvalue weighted by molar-refractivity contribution is 0.399. The molecule has 3 heteroatoms. The van der Waals surface area contributed by atoms with Crippen LogP contribution in [-0.4, -0.2) is 0 Å². The predicted octanol–water partition coefficient (Wildman–Crippen LogP) is 2.73. The molecule has 0 saturated carbocycles. The molecule has 0 amide bonds. The average molecular weight is 158 g/mol. The van der Waals surface area contributed by atoms with Gasteiger partial charge in [-0.3, -0.25) is 0 Å². The Morgan fingerprint density at radius 2 is 1.50 bits per heavy atom. The van der Waals surface area contributed by atoms with E-state index in [4.69, 9.17) is 21.1 Å². The molecule has 0 radical (unpaired) electrons. The van der Waals surface area contributed by atoms with Gasteiger partial charge < -0.3 is 8.83 Å². The fourth-order valence-electron chi connectivity index (χ4n) is 0.875. The summed E-state index contributed by atoms with van der Waals surface area (Å²) in [5.74, 6) is 1.76. The van der Waals surface area contributed by atoms with Crippen molar-refractivity contribution in [2.75, 3.05) is 0 Å². The van der Waals surface area contributed by atoms with E-state index in [1.807, 2.05) is 13.8 Å². The first kappa shape index (κ1) is 7.54. The lowest BCUT2D eigenvalue weighted by atomic mass is 10.2. The summed E-state index contributed by atoms with van der Waals surface area (Å²) in [4.78, 5) is 0.244. The van der Waals surface area contributed by atoms with Crippen LogP contribution in [0.2, 0.25) is 0 Å². The molecule has 56 valence electrons. The van der Waals surface area contributed by atoms with E-state index >= 15 is 0 Å². The third kappa shape index (κ3) is 1.29. The summed E-state index contributed by atoms with van der Waals surface area (Å²) >= 11 is 4.72. The Morgan fingerprint density at radius 3 is 1.80 bits per heavy atom. The molecule has 0 unspecified atom stereocenters. The molecule has 1 rings (SSSR count). The van der Waals surface area contributed by atoms with Crippen molar-refractivity contribution in [2.24, 2.45) is 0 Å². The van der Waals surface area contributed by atoms with Crippen molar-refractivity contribution in [2.45, 2.75) is 26.7 Å². The van der Waals surface area contributed by atoms with Crippen LogP contribution >= 0.6 is 12.2 Å². The van der Waals surface area contributed by atoms with E-state index in [1.54, 1.807) is 0 Å². The maximum atomic E-state index is 5.10. The van der Waals surface area contributed by atoms with Gasteiger partial charge in [-0.2, -0.15) is 0 Å². The van der Waals surface area contributed by atoms with Crippen molar-refractivity contribution in [3.05, 3.63) is 16.4 Å². The topological polar surface area (TPSA) is 26.3 Å². The van der Waals surface area contributed by atoms with Gasteiger partial charge in [-0.1, -0.05) is 13.8 Å². The first-order valence-electron chi connectivity index (χ1n) is 3.39. The normalized spacial score (nSPS) is 10.2. The Bertz CT molecular complexity index is 234. The summed E-state index contributed by atoms with van der Waals surface area (Å²) in [6.07, 6.45) is 1.70. The van der Waals surface area contributed by atoms with Gasteiger partial charge in [-0.05, 0) is 0 Å². The first-order chi connectivity index (χ1) is 4.77. The Morgan fingerprint density at radius 1 is 1.10 bits per heavy atom. The second-order valence-electron chi connectivity index (χ2n) is 2.01. The maximum absolute atomic E-state index is 5.10. The summed E-state index contributed by atoms with van der Waals surface area (Å²) in [6.45, 7) is 4.03. The van der Waals surface area contributed by atoms with Crippen molar-refractivity contribution in [1.29, 1.82) is 0 Å². The third-order valence-corrected chi connectivity index (χ3v) is 1.53. The number of hydrogen-bond acceptors (Lipinski definition) is 3. The van der Waals surface area contributed by atoms with E-state index in [0.29, 0.717) is 0 Å².